The Morgan fingerprint density at radius 1 is 1.15 bits per heavy atom. The summed E-state index contributed by atoms with van der Waals surface area (Å²) in [6.07, 6.45) is 8.45. The van der Waals surface area contributed by atoms with Crippen LogP contribution in [0.2, 0.25) is 0 Å². The highest BCUT2D eigenvalue weighted by molar-refractivity contribution is 4.89. The summed E-state index contributed by atoms with van der Waals surface area (Å²) in [4.78, 5) is 2.83. The van der Waals surface area contributed by atoms with Crippen LogP contribution in [0.1, 0.15) is 66.2 Å². The first-order chi connectivity index (χ1) is 9.63. The molecule has 0 aromatic carbocycles. The number of rotatable bonds is 5. The summed E-state index contributed by atoms with van der Waals surface area (Å²) in [5, 5.41) is 3.80. The third-order valence-electron chi connectivity index (χ3n) is 5.99. The van der Waals surface area contributed by atoms with Gasteiger partial charge in [-0.25, -0.2) is 0 Å². The molecule has 1 N–H and O–H groups in total. The molecular weight excluding hydrogens is 244 g/mol. The number of nitrogens with one attached hydrogen (secondary N) is 1. The van der Waals surface area contributed by atoms with E-state index in [9.17, 15) is 0 Å². The zero-order valence-electron chi connectivity index (χ0n) is 14.2. The molecule has 0 radical (unpaired) electrons. The lowest BCUT2D eigenvalue weighted by atomic mass is 9.82. The lowest BCUT2D eigenvalue weighted by Crippen LogP contribution is -2.59. The van der Waals surface area contributed by atoms with E-state index in [1.165, 1.54) is 58.2 Å². The molecular formula is C18H36N2. The lowest BCUT2D eigenvalue weighted by Gasteiger charge is -2.44. The molecule has 2 fully saturated rings. The summed E-state index contributed by atoms with van der Waals surface area (Å²) >= 11 is 0. The van der Waals surface area contributed by atoms with Crippen LogP contribution in [-0.4, -0.2) is 36.6 Å². The first-order valence-electron chi connectivity index (χ1n) is 9.11. The molecule has 0 aromatic rings. The Hall–Kier alpha value is -0.0800. The topological polar surface area (TPSA) is 15.3 Å². The molecule has 0 spiro atoms. The third kappa shape index (κ3) is 4.21. The van der Waals surface area contributed by atoms with E-state index in [-0.39, 0.29) is 0 Å². The molecule has 118 valence electrons. The van der Waals surface area contributed by atoms with E-state index in [1.54, 1.807) is 0 Å². The molecule has 2 nitrogen and oxygen atoms in total. The largest absolute Gasteiger partial charge is 0.311 e. The normalized spacial score (nSPS) is 37.8. The Morgan fingerprint density at radius 2 is 1.85 bits per heavy atom. The van der Waals surface area contributed by atoms with Crippen molar-refractivity contribution in [3.8, 4) is 0 Å². The number of hydrogen-bond donors (Lipinski definition) is 1. The van der Waals surface area contributed by atoms with E-state index in [2.05, 4.69) is 37.9 Å². The Morgan fingerprint density at radius 3 is 2.45 bits per heavy atom. The maximum absolute atomic E-state index is 3.80. The average molecular weight is 280 g/mol. The Bertz CT molecular complexity index is 271. The van der Waals surface area contributed by atoms with Gasteiger partial charge in [-0.15, -0.1) is 0 Å². The fourth-order valence-corrected chi connectivity index (χ4v) is 4.02. The summed E-state index contributed by atoms with van der Waals surface area (Å²) < 4.78 is 0. The molecule has 1 aliphatic heterocycles. The van der Waals surface area contributed by atoms with Gasteiger partial charge in [-0.1, -0.05) is 47.0 Å². The van der Waals surface area contributed by atoms with Crippen LogP contribution in [0.4, 0.5) is 0 Å². The zero-order valence-corrected chi connectivity index (χ0v) is 14.2. The van der Waals surface area contributed by atoms with Crippen LogP contribution in [0.3, 0.4) is 0 Å². The van der Waals surface area contributed by atoms with Crippen molar-refractivity contribution in [2.24, 2.45) is 17.8 Å². The second-order valence-corrected chi connectivity index (χ2v) is 7.54. The molecule has 0 bridgehead atoms. The smallest absolute Gasteiger partial charge is 0.0221 e. The van der Waals surface area contributed by atoms with Crippen LogP contribution < -0.4 is 5.32 Å². The first kappa shape index (κ1) is 16.3. The number of piperazine rings is 1. The highest BCUT2D eigenvalue weighted by Crippen LogP contribution is 2.30. The van der Waals surface area contributed by atoms with Crippen molar-refractivity contribution in [3.63, 3.8) is 0 Å². The van der Waals surface area contributed by atoms with Crippen molar-refractivity contribution >= 4 is 0 Å². The molecule has 2 heteroatoms. The summed E-state index contributed by atoms with van der Waals surface area (Å²) in [6.45, 7) is 13.4. The molecule has 0 amide bonds. The van der Waals surface area contributed by atoms with E-state index < -0.39 is 0 Å². The summed E-state index contributed by atoms with van der Waals surface area (Å²) in [7, 11) is 0. The minimum Gasteiger partial charge on any atom is -0.311 e. The Labute approximate surface area is 126 Å². The summed E-state index contributed by atoms with van der Waals surface area (Å²) in [6, 6.07) is 1.49. The summed E-state index contributed by atoms with van der Waals surface area (Å²) in [5.74, 6) is 2.75. The zero-order chi connectivity index (χ0) is 14.5. The maximum Gasteiger partial charge on any atom is 0.0221 e. The molecule has 1 saturated heterocycles. The maximum atomic E-state index is 3.80. The first-order valence-corrected chi connectivity index (χ1v) is 9.11. The van der Waals surface area contributed by atoms with Gasteiger partial charge in [0.2, 0.25) is 0 Å². The van der Waals surface area contributed by atoms with Crippen LogP contribution in [-0.2, 0) is 0 Å². The third-order valence-corrected chi connectivity index (χ3v) is 5.99. The molecule has 1 heterocycles. The van der Waals surface area contributed by atoms with Gasteiger partial charge in [0.05, 0.1) is 0 Å². The number of hydrogen-bond acceptors (Lipinski definition) is 2. The van der Waals surface area contributed by atoms with Crippen LogP contribution in [0.5, 0.6) is 0 Å². The minimum absolute atomic E-state index is 0.713. The molecule has 3 atom stereocenters. The van der Waals surface area contributed by atoms with E-state index in [0.29, 0.717) is 6.04 Å². The van der Waals surface area contributed by atoms with E-state index in [0.717, 1.165) is 23.8 Å². The van der Waals surface area contributed by atoms with Gasteiger partial charge in [0.25, 0.3) is 0 Å². The fraction of sp³-hybridized carbons (Fsp3) is 1.00. The van der Waals surface area contributed by atoms with E-state index >= 15 is 0 Å². The second-order valence-electron chi connectivity index (χ2n) is 7.54. The molecule has 2 rings (SSSR count). The van der Waals surface area contributed by atoms with Gasteiger partial charge in [0, 0.05) is 31.7 Å². The Kier molecular flexibility index (Phi) is 6.35. The van der Waals surface area contributed by atoms with Crippen molar-refractivity contribution in [2.45, 2.75) is 78.3 Å². The molecule has 1 aliphatic carbocycles. The Balaban J connectivity index is 1.88. The molecule has 1 saturated carbocycles. The van der Waals surface area contributed by atoms with Gasteiger partial charge in [0.1, 0.15) is 0 Å². The standard InChI is InChI=1S/C18H36N2/c1-5-15(4)18-13-20(17(6-2)11-19-18)12-16-9-7-14(3)8-10-16/h14-19H,5-13H2,1-4H3. The van der Waals surface area contributed by atoms with Crippen molar-refractivity contribution < 1.29 is 0 Å². The summed E-state index contributed by atoms with van der Waals surface area (Å²) in [5.41, 5.74) is 0. The molecule has 2 aliphatic rings. The van der Waals surface area contributed by atoms with Gasteiger partial charge >= 0.3 is 0 Å². The number of nitrogens with zero attached hydrogens (tertiary/aromatic N) is 1. The van der Waals surface area contributed by atoms with Crippen molar-refractivity contribution in [1.29, 1.82) is 0 Å². The lowest BCUT2D eigenvalue weighted by molar-refractivity contribution is 0.0782. The highest BCUT2D eigenvalue weighted by Gasteiger charge is 2.31. The van der Waals surface area contributed by atoms with Crippen molar-refractivity contribution in [3.05, 3.63) is 0 Å². The predicted octanol–water partition coefficient (Wildman–Crippen LogP) is 3.91. The van der Waals surface area contributed by atoms with Crippen LogP contribution in [0, 0.1) is 17.8 Å². The molecule has 3 unspecified atom stereocenters. The SMILES string of the molecule is CCC(C)C1CN(CC2CCC(C)CC2)C(CC)CN1. The van der Waals surface area contributed by atoms with Crippen LogP contribution in [0.15, 0.2) is 0 Å². The predicted molar refractivity (Wildman–Crippen MR) is 88.0 cm³/mol. The average Bonchev–Trinajstić information content (AvgIpc) is 2.48. The van der Waals surface area contributed by atoms with Gasteiger partial charge in [-0.3, -0.25) is 4.90 Å². The van der Waals surface area contributed by atoms with Gasteiger partial charge in [-0.2, -0.15) is 0 Å². The minimum atomic E-state index is 0.713. The fourth-order valence-electron chi connectivity index (χ4n) is 4.02. The van der Waals surface area contributed by atoms with Crippen molar-refractivity contribution in [2.75, 3.05) is 19.6 Å². The van der Waals surface area contributed by atoms with Crippen LogP contribution in [0.25, 0.3) is 0 Å². The molecule has 0 aromatic heterocycles. The monoisotopic (exact) mass is 280 g/mol. The quantitative estimate of drug-likeness (QED) is 0.821. The van der Waals surface area contributed by atoms with E-state index in [4.69, 9.17) is 0 Å². The van der Waals surface area contributed by atoms with Gasteiger partial charge < -0.3 is 5.32 Å². The van der Waals surface area contributed by atoms with Gasteiger partial charge in [-0.05, 0) is 37.0 Å². The van der Waals surface area contributed by atoms with Crippen molar-refractivity contribution in [1.82, 2.24) is 10.2 Å². The highest BCUT2D eigenvalue weighted by atomic mass is 15.2. The van der Waals surface area contributed by atoms with Crippen LogP contribution >= 0.6 is 0 Å². The van der Waals surface area contributed by atoms with E-state index in [1.807, 2.05) is 0 Å². The molecule has 20 heavy (non-hydrogen) atoms. The van der Waals surface area contributed by atoms with Gasteiger partial charge in [0.15, 0.2) is 0 Å². The second kappa shape index (κ2) is 7.79.